The van der Waals surface area contributed by atoms with Crippen molar-refractivity contribution >= 4 is 11.8 Å². The molecule has 3 atom stereocenters. The minimum atomic E-state index is 0.0291. The minimum absolute atomic E-state index is 0.0291. The molecule has 2 amide bonds. The number of hydrogen-bond donors (Lipinski definition) is 1. The maximum atomic E-state index is 13.4. The first kappa shape index (κ1) is 36.2. The highest BCUT2D eigenvalue weighted by Gasteiger charge is 2.45. The zero-order valence-electron chi connectivity index (χ0n) is 31.3. The van der Waals surface area contributed by atoms with E-state index in [4.69, 9.17) is 11.4 Å². The number of rotatable bonds is 14. The van der Waals surface area contributed by atoms with Crippen molar-refractivity contribution in [3.05, 3.63) is 53.1 Å². The normalized spacial score (nSPS) is 25.3. The monoisotopic (exact) mass is 695 g/mol. The van der Waals surface area contributed by atoms with E-state index >= 15 is 0 Å². The summed E-state index contributed by atoms with van der Waals surface area (Å²) < 4.78 is 2.56. The summed E-state index contributed by atoms with van der Waals surface area (Å²) >= 11 is 0. The Morgan fingerprint density at radius 2 is 1.69 bits per heavy atom. The summed E-state index contributed by atoms with van der Waals surface area (Å²) in [7, 11) is 0. The molecule has 51 heavy (non-hydrogen) atoms. The molecule has 2 bridgehead atoms. The highest BCUT2D eigenvalue weighted by molar-refractivity contribution is 5.76. The number of nitrogens with zero attached hydrogens (tertiary/aromatic N) is 6. The average Bonchev–Trinajstić information content (AvgIpc) is 3.57. The third-order valence-electron chi connectivity index (χ3n) is 13.0. The van der Waals surface area contributed by atoms with Crippen molar-refractivity contribution < 1.29 is 9.59 Å². The minimum Gasteiger partial charge on any atom is -0.349 e. The molecule has 0 aliphatic carbocycles. The van der Waals surface area contributed by atoms with Crippen LogP contribution in [-0.2, 0) is 22.6 Å². The van der Waals surface area contributed by atoms with Crippen LogP contribution in [0.4, 0.5) is 0 Å². The quantitative estimate of drug-likeness (QED) is 0.208. The van der Waals surface area contributed by atoms with Crippen molar-refractivity contribution in [3.63, 3.8) is 0 Å². The Labute approximate surface area is 306 Å². The van der Waals surface area contributed by atoms with Crippen LogP contribution in [0.15, 0.2) is 30.3 Å². The van der Waals surface area contributed by atoms with Crippen LogP contribution < -0.4 is 5.32 Å². The molecule has 1 aromatic heterocycles. The van der Waals surface area contributed by atoms with E-state index < -0.39 is 0 Å². The molecular formula is C42H61N7O2. The first-order chi connectivity index (χ1) is 24.8. The number of piperidine rings is 2. The highest BCUT2D eigenvalue weighted by atomic mass is 16.2. The molecule has 6 heterocycles. The Morgan fingerprint density at radius 1 is 0.961 bits per heavy atom. The molecule has 276 valence electrons. The van der Waals surface area contributed by atoms with E-state index in [9.17, 15) is 9.59 Å². The Kier molecular flexibility index (Phi) is 11.5. The molecule has 4 saturated heterocycles. The molecule has 9 heteroatoms. The van der Waals surface area contributed by atoms with Gasteiger partial charge in [-0.2, -0.15) is 0 Å². The number of hydrogen-bond acceptors (Lipinski definition) is 6. The first-order valence-corrected chi connectivity index (χ1v) is 20.1. The second-order valence-corrected chi connectivity index (χ2v) is 16.5. The molecule has 1 N–H and O–H groups in total. The summed E-state index contributed by atoms with van der Waals surface area (Å²) in [6.07, 6.45) is 19.5. The van der Waals surface area contributed by atoms with Crippen LogP contribution >= 0.6 is 0 Å². The summed E-state index contributed by atoms with van der Waals surface area (Å²) in [5, 5.41) is 3.20. The van der Waals surface area contributed by atoms with Crippen molar-refractivity contribution in [2.24, 2.45) is 5.41 Å². The van der Waals surface area contributed by atoms with Gasteiger partial charge in [-0.3, -0.25) is 14.5 Å². The number of terminal acetylenes is 1. The summed E-state index contributed by atoms with van der Waals surface area (Å²) in [5.74, 6) is 4.19. The fraction of sp³-hybridized carbons (Fsp3) is 0.690. The SMILES string of the molecule is C#CCCCCN1CC2(CCN(CCCC(=O)N3CCc4c(nc(C)n4C4CC5CCC(C4)N5CC[C@H](NC(C)=O)c4ccccc4)C3)CC2)C1. The molecular weight excluding hydrogens is 635 g/mol. The zero-order valence-corrected chi connectivity index (χ0v) is 31.3. The number of aromatic nitrogens is 2. The Hall–Kier alpha value is -3.19. The number of unbranched alkanes of at least 4 members (excludes halogenated alkanes) is 2. The number of likely N-dealkylation sites (tertiary alicyclic amines) is 2. The summed E-state index contributed by atoms with van der Waals surface area (Å²) in [6.45, 7) is 13.4. The standard InChI is InChI=1S/C42H61N7O2/c1-4-5-6-10-21-46-30-42(31-46)19-25-45(26-20-42)22-11-14-41(51)47-23-18-40-39(29-47)43-32(2)49(40)37-27-35-15-16-36(28-37)48(35)24-17-38(44-33(3)50)34-12-8-7-9-13-34/h1,7-9,12-13,35-38H,5-6,10-11,14-31H2,2-3H3,(H,44,50)/t35?,36?,37?,38-/m0/s1. The summed E-state index contributed by atoms with van der Waals surface area (Å²) in [6, 6.07) is 12.1. The number of nitrogens with one attached hydrogen (secondary N) is 1. The lowest BCUT2D eigenvalue weighted by Crippen LogP contribution is -2.60. The summed E-state index contributed by atoms with van der Waals surface area (Å²) in [5.41, 5.74) is 4.22. The van der Waals surface area contributed by atoms with Gasteiger partial charge in [0.2, 0.25) is 11.8 Å². The van der Waals surface area contributed by atoms with E-state index in [1.165, 1.54) is 76.1 Å². The second-order valence-electron chi connectivity index (χ2n) is 16.5. The van der Waals surface area contributed by atoms with Gasteiger partial charge in [0.15, 0.2) is 0 Å². The van der Waals surface area contributed by atoms with Crippen molar-refractivity contribution in [2.75, 3.05) is 52.4 Å². The highest BCUT2D eigenvalue weighted by Crippen LogP contribution is 2.43. The van der Waals surface area contributed by atoms with Crippen LogP contribution in [0.2, 0.25) is 0 Å². The smallest absolute Gasteiger partial charge is 0.222 e. The lowest BCUT2D eigenvalue weighted by atomic mass is 9.72. The second kappa shape index (κ2) is 16.2. The topological polar surface area (TPSA) is 77.0 Å². The van der Waals surface area contributed by atoms with Gasteiger partial charge < -0.3 is 24.6 Å². The Morgan fingerprint density at radius 3 is 2.39 bits per heavy atom. The molecule has 5 aliphatic rings. The molecule has 1 spiro atoms. The maximum Gasteiger partial charge on any atom is 0.222 e. The van der Waals surface area contributed by atoms with Gasteiger partial charge in [0.25, 0.3) is 0 Å². The predicted molar refractivity (Wildman–Crippen MR) is 202 cm³/mol. The van der Waals surface area contributed by atoms with Gasteiger partial charge in [-0.25, -0.2) is 4.98 Å². The van der Waals surface area contributed by atoms with E-state index in [0.717, 1.165) is 76.1 Å². The van der Waals surface area contributed by atoms with Gasteiger partial charge in [0, 0.05) is 76.2 Å². The van der Waals surface area contributed by atoms with Crippen molar-refractivity contribution in [3.8, 4) is 12.3 Å². The van der Waals surface area contributed by atoms with E-state index in [2.05, 4.69) is 66.6 Å². The number of imidazole rings is 1. The molecule has 2 aromatic rings. The third-order valence-corrected chi connectivity index (χ3v) is 13.0. The molecule has 2 unspecified atom stereocenters. The number of aryl methyl sites for hydroxylation is 1. The molecule has 5 aliphatic heterocycles. The molecule has 7 rings (SSSR count). The zero-order chi connectivity index (χ0) is 35.4. The van der Waals surface area contributed by atoms with Gasteiger partial charge in [-0.1, -0.05) is 30.3 Å². The third kappa shape index (κ3) is 8.40. The lowest BCUT2D eigenvalue weighted by Gasteiger charge is -2.54. The van der Waals surface area contributed by atoms with Crippen molar-refractivity contribution in [1.82, 2.24) is 34.5 Å². The number of carbonyl (C=O) groups is 2. The average molecular weight is 696 g/mol. The van der Waals surface area contributed by atoms with E-state index in [-0.39, 0.29) is 11.9 Å². The van der Waals surface area contributed by atoms with Crippen LogP contribution in [-0.4, -0.2) is 105 Å². The van der Waals surface area contributed by atoms with Crippen molar-refractivity contribution in [1.29, 1.82) is 0 Å². The number of carbonyl (C=O) groups excluding carboxylic acids is 2. The number of amides is 2. The van der Waals surface area contributed by atoms with Gasteiger partial charge in [-0.15, -0.1) is 12.3 Å². The Balaban J connectivity index is 0.853. The van der Waals surface area contributed by atoms with E-state index in [1.807, 2.05) is 6.07 Å². The predicted octanol–water partition coefficient (Wildman–Crippen LogP) is 5.49. The van der Waals surface area contributed by atoms with Crippen LogP contribution in [0, 0.1) is 24.7 Å². The van der Waals surface area contributed by atoms with Gasteiger partial charge in [0.05, 0.1) is 18.3 Å². The van der Waals surface area contributed by atoms with Crippen LogP contribution in [0.3, 0.4) is 0 Å². The number of benzene rings is 1. The largest absolute Gasteiger partial charge is 0.349 e. The molecule has 9 nitrogen and oxygen atoms in total. The fourth-order valence-corrected chi connectivity index (χ4v) is 10.4. The van der Waals surface area contributed by atoms with Crippen LogP contribution in [0.25, 0.3) is 0 Å². The number of fused-ring (bicyclic) bond motifs is 3. The van der Waals surface area contributed by atoms with Crippen LogP contribution in [0.1, 0.15) is 119 Å². The van der Waals surface area contributed by atoms with Crippen LogP contribution in [0.5, 0.6) is 0 Å². The Bertz CT molecular complexity index is 1520. The molecule has 1 aromatic carbocycles. The first-order valence-electron chi connectivity index (χ1n) is 20.1. The van der Waals surface area contributed by atoms with Gasteiger partial charge >= 0.3 is 0 Å². The molecule has 0 saturated carbocycles. The molecule has 4 fully saturated rings. The van der Waals surface area contributed by atoms with E-state index in [0.29, 0.717) is 42.4 Å². The molecule has 0 radical (unpaired) electrons. The van der Waals surface area contributed by atoms with Gasteiger partial charge in [0.1, 0.15) is 5.82 Å². The summed E-state index contributed by atoms with van der Waals surface area (Å²) in [4.78, 5) is 40.5. The lowest BCUT2D eigenvalue weighted by molar-refractivity contribution is -0.132. The fourth-order valence-electron chi connectivity index (χ4n) is 10.4. The maximum absolute atomic E-state index is 13.4. The van der Waals surface area contributed by atoms with Crippen molar-refractivity contribution in [2.45, 2.75) is 128 Å². The van der Waals surface area contributed by atoms with Gasteiger partial charge in [-0.05, 0) is 108 Å². The van der Waals surface area contributed by atoms with E-state index in [1.54, 1.807) is 6.92 Å².